The Morgan fingerprint density at radius 1 is 0.867 bits per heavy atom. The van der Waals surface area contributed by atoms with Crippen LogP contribution in [0.3, 0.4) is 0 Å². The normalized spacial score (nSPS) is 9.73. The quantitative estimate of drug-likeness (QED) is 0.370. The second-order valence-electron chi connectivity index (χ2n) is 4.01. The topological polar surface area (TPSA) is 0 Å². The van der Waals surface area contributed by atoms with Gasteiger partial charge in [0.05, 0.1) is 0 Å². The van der Waals surface area contributed by atoms with Gasteiger partial charge in [0.15, 0.2) is 0 Å². The van der Waals surface area contributed by atoms with E-state index >= 15 is 0 Å². The van der Waals surface area contributed by atoms with Gasteiger partial charge in [-0.25, -0.2) is 0 Å². The van der Waals surface area contributed by atoms with E-state index in [-0.39, 0.29) is 0 Å². The molecule has 0 aromatic carbocycles. The molecule has 0 aromatic heterocycles. The maximum Gasteiger partial charge on any atom is 0.122 e. The smallest absolute Gasteiger partial charge is 0.106 e. The lowest BCUT2D eigenvalue weighted by Gasteiger charge is -1.99. The fourth-order valence-electron chi connectivity index (χ4n) is 1.63. The SMILES string of the molecule is CCCCCCCCCCCC#C[CH]Cl. The third kappa shape index (κ3) is 13.9. The van der Waals surface area contributed by atoms with Gasteiger partial charge in [-0.3, -0.25) is 0 Å². The first-order valence-electron chi connectivity index (χ1n) is 6.32. The van der Waals surface area contributed by atoms with Crippen molar-refractivity contribution >= 4 is 11.6 Å². The van der Waals surface area contributed by atoms with Crippen LogP contribution in [-0.4, -0.2) is 0 Å². The van der Waals surface area contributed by atoms with Crippen molar-refractivity contribution in [3.8, 4) is 11.8 Å². The number of hydrogen-bond acceptors (Lipinski definition) is 0. The second-order valence-corrected chi connectivity index (χ2v) is 4.23. The zero-order valence-electron chi connectivity index (χ0n) is 10.0. The molecule has 0 aliphatic heterocycles. The summed E-state index contributed by atoms with van der Waals surface area (Å²) in [5.74, 6) is 7.18. The molecule has 15 heavy (non-hydrogen) atoms. The predicted octanol–water partition coefficient (Wildman–Crippen LogP) is 5.31. The van der Waals surface area contributed by atoms with E-state index in [9.17, 15) is 0 Å². The summed E-state index contributed by atoms with van der Waals surface area (Å²) in [6.07, 6.45) is 13.3. The van der Waals surface area contributed by atoms with E-state index in [0.29, 0.717) is 0 Å². The highest BCUT2D eigenvalue weighted by Gasteiger charge is 1.90. The molecule has 0 spiro atoms. The van der Waals surface area contributed by atoms with Crippen molar-refractivity contribution in [2.45, 2.75) is 71.1 Å². The molecule has 0 aliphatic carbocycles. The first kappa shape index (κ1) is 14.8. The van der Waals surface area contributed by atoms with Crippen molar-refractivity contribution in [3.05, 3.63) is 5.88 Å². The summed E-state index contributed by atoms with van der Waals surface area (Å²) in [5.41, 5.74) is 0. The minimum atomic E-state index is 0.999. The van der Waals surface area contributed by atoms with Gasteiger partial charge in [-0.2, -0.15) is 0 Å². The van der Waals surface area contributed by atoms with Gasteiger partial charge in [-0.1, -0.05) is 64.2 Å². The molecule has 0 aromatic rings. The zero-order valence-corrected chi connectivity index (χ0v) is 10.8. The summed E-state index contributed by atoms with van der Waals surface area (Å²) in [7, 11) is 0. The van der Waals surface area contributed by atoms with Crippen molar-refractivity contribution in [2.75, 3.05) is 0 Å². The highest BCUT2D eigenvalue weighted by Crippen LogP contribution is 2.10. The van der Waals surface area contributed by atoms with E-state index in [1.807, 2.05) is 0 Å². The molecule has 1 radical (unpaired) electrons. The summed E-state index contributed by atoms with van der Waals surface area (Å²) >= 11 is 5.33. The number of hydrogen-bond donors (Lipinski definition) is 0. The molecule has 0 atom stereocenters. The van der Waals surface area contributed by atoms with Crippen LogP contribution in [0, 0.1) is 17.7 Å². The Labute approximate surface area is 101 Å². The highest BCUT2D eigenvalue weighted by atomic mass is 35.5. The van der Waals surface area contributed by atoms with Crippen molar-refractivity contribution in [1.82, 2.24) is 0 Å². The first-order valence-corrected chi connectivity index (χ1v) is 6.75. The molecule has 0 amide bonds. The van der Waals surface area contributed by atoms with Gasteiger partial charge < -0.3 is 0 Å². The monoisotopic (exact) mass is 227 g/mol. The van der Waals surface area contributed by atoms with Crippen LogP contribution in [0.4, 0.5) is 0 Å². The van der Waals surface area contributed by atoms with E-state index < -0.39 is 0 Å². The van der Waals surface area contributed by atoms with Crippen LogP contribution in [0.15, 0.2) is 0 Å². The Kier molecular flexibility index (Phi) is 13.7. The summed E-state index contributed by atoms with van der Waals surface area (Å²) < 4.78 is 0. The van der Waals surface area contributed by atoms with Gasteiger partial charge >= 0.3 is 0 Å². The van der Waals surface area contributed by atoms with Crippen molar-refractivity contribution in [1.29, 1.82) is 0 Å². The Morgan fingerprint density at radius 2 is 1.40 bits per heavy atom. The molecule has 0 unspecified atom stereocenters. The minimum Gasteiger partial charge on any atom is -0.106 e. The van der Waals surface area contributed by atoms with E-state index in [1.165, 1.54) is 63.7 Å². The molecule has 1 heteroatoms. The molecule has 87 valence electrons. The lowest BCUT2D eigenvalue weighted by Crippen LogP contribution is -1.80. The van der Waals surface area contributed by atoms with Crippen LogP contribution in [0.1, 0.15) is 71.1 Å². The molecule has 0 nitrogen and oxygen atoms in total. The van der Waals surface area contributed by atoms with Crippen LogP contribution < -0.4 is 0 Å². The van der Waals surface area contributed by atoms with Gasteiger partial charge in [0.2, 0.25) is 0 Å². The van der Waals surface area contributed by atoms with E-state index in [4.69, 9.17) is 11.6 Å². The molecule has 0 saturated carbocycles. The average molecular weight is 228 g/mol. The molecule has 0 N–H and O–H groups in total. The maximum atomic E-state index is 5.33. The van der Waals surface area contributed by atoms with Crippen LogP contribution in [0.25, 0.3) is 0 Å². The Balaban J connectivity index is 2.92. The Bertz CT molecular complexity index is 164. The minimum absolute atomic E-state index is 0.999. The predicted molar refractivity (Wildman–Crippen MR) is 69.8 cm³/mol. The largest absolute Gasteiger partial charge is 0.122 e. The highest BCUT2D eigenvalue weighted by molar-refractivity contribution is 6.25. The molecular formula is C14H24Cl. The van der Waals surface area contributed by atoms with E-state index in [2.05, 4.69) is 18.8 Å². The number of halogens is 1. The lowest BCUT2D eigenvalue weighted by atomic mass is 10.1. The van der Waals surface area contributed by atoms with E-state index in [0.717, 1.165) is 6.42 Å². The first-order chi connectivity index (χ1) is 7.41. The number of rotatable bonds is 9. The molecular weight excluding hydrogens is 204 g/mol. The molecule has 0 saturated heterocycles. The van der Waals surface area contributed by atoms with Gasteiger partial charge in [0.1, 0.15) is 5.88 Å². The summed E-state index contributed by atoms with van der Waals surface area (Å²) in [5, 5.41) is 0. The fourth-order valence-corrected chi connectivity index (χ4v) is 1.71. The third-order valence-electron chi connectivity index (χ3n) is 2.56. The second kappa shape index (κ2) is 13.8. The molecule has 0 aliphatic rings. The zero-order chi connectivity index (χ0) is 11.2. The molecule has 0 fully saturated rings. The number of unbranched alkanes of at least 4 members (excludes halogenated alkanes) is 9. The molecule has 0 bridgehead atoms. The van der Waals surface area contributed by atoms with Crippen LogP contribution >= 0.6 is 11.6 Å². The molecule has 0 rings (SSSR count). The third-order valence-corrected chi connectivity index (χ3v) is 2.67. The standard InChI is InChI=1S/C14H24Cl/c1-2-3-4-5-6-7-8-9-10-11-12-13-14-15/h14H,2-11H2,1H3. The Morgan fingerprint density at radius 3 is 1.93 bits per heavy atom. The maximum absolute atomic E-state index is 5.33. The van der Waals surface area contributed by atoms with Gasteiger partial charge in [-0.15, -0.1) is 17.5 Å². The van der Waals surface area contributed by atoms with Crippen molar-refractivity contribution < 1.29 is 0 Å². The summed E-state index contributed by atoms with van der Waals surface area (Å²) in [6.45, 7) is 2.26. The van der Waals surface area contributed by atoms with Gasteiger partial charge in [0, 0.05) is 6.42 Å². The van der Waals surface area contributed by atoms with Gasteiger partial charge in [0.25, 0.3) is 0 Å². The van der Waals surface area contributed by atoms with Crippen LogP contribution in [0.2, 0.25) is 0 Å². The summed E-state index contributed by atoms with van der Waals surface area (Å²) in [4.78, 5) is 0. The average Bonchev–Trinajstić information content (AvgIpc) is 2.26. The van der Waals surface area contributed by atoms with Crippen LogP contribution in [0.5, 0.6) is 0 Å². The van der Waals surface area contributed by atoms with Crippen molar-refractivity contribution in [2.24, 2.45) is 0 Å². The van der Waals surface area contributed by atoms with Gasteiger partial charge in [-0.05, 0) is 6.42 Å². The fraction of sp³-hybridized carbons (Fsp3) is 0.786. The van der Waals surface area contributed by atoms with Crippen molar-refractivity contribution in [3.63, 3.8) is 0 Å². The molecule has 0 heterocycles. The van der Waals surface area contributed by atoms with Crippen LogP contribution in [-0.2, 0) is 0 Å². The van der Waals surface area contributed by atoms with E-state index in [1.54, 1.807) is 0 Å². The Hall–Kier alpha value is -0.150. The summed E-state index contributed by atoms with van der Waals surface area (Å²) in [6, 6.07) is 0. The lowest BCUT2D eigenvalue weighted by molar-refractivity contribution is 0.567.